The van der Waals surface area contributed by atoms with Crippen LogP contribution in [-0.4, -0.2) is 11.1 Å². The van der Waals surface area contributed by atoms with Gasteiger partial charge in [-0.2, -0.15) is 0 Å². The van der Waals surface area contributed by atoms with Crippen molar-refractivity contribution in [2.45, 2.75) is 0 Å². The molecule has 0 saturated carbocycles. The van der Waals surface area contributed by atoms with E-state index in [2.05, 4.69) is 0 Å². The largest absolute Gasteiger partial charge is 0.478 e. The van der Waals surface area contributed by atoms with Crippen molar-refractivity contribution in [2.24, 2.45) is 0 Å². The van der Waals surface area contributed by atoms with E-state index in [0.717, 1.165) is 11.1 Å². The molecular formula is C13H11FO2. The van der Waals surface area contributed by atoms with E-state index in [-0.39, 0.29) is 4.70 Å². The van der Waals surface area contributed by atoms with E-state index in [1.807, 2.05) is 42.5 Å². The highest BCUT2D eigenvalue weighted by Gasteiger charge is 2.02. The third kappa shape index (κ3) is 2.45. The summed E-state index contributed by atoms with van der Waals surface area (Å²) in [4.78, 5) is 10.6. The average molecular weight is 218 g/mol. The molecule has 0 spiro atoms. The van der Waals surface area contributed by atoms with Crippen LogP contribution in [0.3, 0.4) is 0 Å². The van der Waals surface area contributed by atoms with Gasteiger partial charge in [-0.1, -0.05) is 42.5 Å². The fourth-order valence-corrected chi connectivity index (χ4v) is 1.44. The van der Waals surface area contributed by atoms with Crippen LogP contribution in [0.5, 0.6) is 0 Å². The van der Waals surface area contributed by atoms with Crippen LogP contribution < -0.4 is 0 Å². The summed E-state index contributed by atoms with van der Waals surface area (Å²) in [6, 6.07) is 16.7. The molecule has 0 heterocycles. The number of benzene rings is 2. The van der Waals surface area contributed by atoms with Crippen molar-refractivity contribution in [1.82, 2.24) is 0 Å². The van der Waals surface area contributed by atoms with E-state index < -0.39 is 5.97 Å². The zero-order valence-corrected chi connectivity index (χ0v) is 8.46. The standard InChI is InChI=1S/C13H10O2.FH/c14-13(15)12-8-6-11(7-9-12)10-4-2-1-3-5-10;/h1-9H,(H,14,15);1H. The van der Waals surface area contributed by atoms with Crippen LogP contribution in [-0.2, 0) is 0 Å². The summed E-state index contributed by atoms with van der Waals surface area (Å²) >= 11 is 0. The Morgan fingerprint density at radius 1 is 0.812 bits per heavy atom. The lowest BCUT2D eigenvalue weighted by atomic mass is 10.0. The normalized spacial score (nSPS) is 9.25. The van der Waals surface area contributed by atoms with Crippen LogP contribution in [0, 0.1) is 0 Å². The van der Waals surface area contributed by atoms with Crippen molar-refractivity contribution in [2.75, 3.05) is 0 Å². The molecule has 0 aliphatic heterocycles. The van der Waals surface area contributed by atoms with Gasteiger partial charge in [0.1, 0.15) is 0 Å². The summed E-state index contributed by atoms with van der Waals surface area (Å²) in [5, 5.41) is 8.75. The SMILES string of the molecule is F.O=C(O)c1ccc(-c2ccccc2)cc1. The van der Waals surface area contributed by atoms with Crippen molar-refractivity contribution < 1.29 is 14.6 Å². The molecule has 2 nitrogen and oxygen atoms in total. The minimum absolute atomic E-state index is 0. The lowest BCUT2D eigenvalue weighted by Gasteiger charge is -2.01. The van der Waals surface area contributed by atoms with Gasteiger partial charge in [0.15, 0.2) is 0 Å². The quantitative estimate of drug-likeness (QED) is 0.840. The molecule has 2 aromatic carbocycles. The minimum atomic E-state index is -0.894. The summed E-state index contributed by atoms with van der Waals surface area (Å²) in [5.74, 6) is -0.894. The second kappa shape index (κ2) is 5.07. The lowest BCUT2D eigenvalue weighted by molar-refractivity contribution is 0.0697. The van der Waals surface area contributed by atoms with Gasteiger partial charge in [0.05, 0.1) is 5.56 Å². The molecule has 0 atom stereocenters. The van der Waals surface area contributed by atoms with Crippen LogP contribution in [0.15, 0.2) is 54.6 Å². The van der Waals surface area contributed by atoms with E-state index in [9.17, 15) is 4.79 Å². The molecule has 1 N–H and O–H groups in total. The number of carboxylic acid groups (broad SMARTS) is 1. The Balaban J connectivity index is 0.00000128. The Kier molecular flexibility index (Phi) is 3.78. The Labute approximate surface area is 92.5 Å². The van der Waals surface area contributed by atoms with Crippen LogP contribution in [0.1, 0.15) is 10.4 Å². The first kappa shape index (κ1) is 11.9. The van der Waals surface area contributed by atoms with E-state index >= 15 is 0 Å². The van der Waals surface area contributed by atoms with Gasteiger partial charge in [-0.25, -0.2) is 4.79 Å². The highest BCUT2D eigenvalue weighted by molar-refractivity contribution is 5.88. The van der Waals surface area contributed by atoms with Crippen molar-refractivity contribution in [3.63, 3.8) is 0 Å². The smallest absolute Gasteiger partial charge is 0.335 e. The van der Waals surface area contributed by atoms with Crippen molar-refractivity contribution in [1.29, 1.82) is 0 Å². The van der Waals surface area contributed by atoms with Crippen molar-refractivity contribution in [3.05, 3.63) is 60.2 Å². The van der Waals surface area contributed by atoms with Crippen LogP contribution in [0.4, 0.5) is 4.70 Å². The highest BCUT2D eigenvalue weighted by atomic mass is 19.0. The molecule has 0 bridgehead atoms. The Hall–Kier alpha value is -2.16. The average Bonchev–Trinajstić information content (AvgIpc) is 2.30. The molecule has 0 aliphatic carbocycles. The zero-order chi connectivity index (χ0) is 10.7. The number of carboxylic acids is 1. The second-order valence-corrected chi connectivity index (χ2v) is 3.25. The summed E-state index contributed by atoms with van der Waals surface area (Å²) in [6.07, 6.45) is 0. The summed E-state index contributed by atoms with van der Waals surface area (Å²) in [7, 11) is 0. The maximum absolute atomic E-state index is 10.6. The molecule has 2 rings (SSSR count). The predicted molar refractivity (Wildman–Crippen MR) is 61.3 cm³/mol. The first-order chi connectivity index (χ1) is 7.27. The van der Waals surface area contributed by atoms with Gasteiger partial charge in [0, 0.05) is 0 Å². The Bertz CT molecular complexity index is 463. The number of hydrogen-bond donors (Lipinski definition) is 1. The molecule has 82 valence electrons. The number of halogens is 1. The van der Waals surface area contributed by atoms with Gasteiger partial charge in [0.25, 0.3) is 0 Å². The van der Waals surface area contributed by atoms with Crippen molar-refractivity contribution >= 4 is 5.97 Å². The molecule has 3 heteroatoms. The number of hydrogen-bond acceptors (Lipinski definition) is 1. The number of aromatic carboxylic acids is 1. The highest BCUT2D eigenvalue weighted by Crippen LogP contribution is 2.18. The lowest BCUT2D eigenvalue weighted by Crippen LogP contribution is -1.94. The summed E-state index contributed by atoms with van der Waals surface area (Å²) in [6.45, 7) is 0. The first-order valence-electron chi connectivity index (χ1n) is 4.66. The fraction of sp³-hybridized carbons (Fsp3) is 0. The van der Waals surface area contributed by atoms with E-state index in [1.165, 1.54) is 0 Å². The number of rotatable bonds is 2. The second-order valence-electron chi connectivity index (χ2n) is 3.25. The topological polar surface area (TPSA) is 37.3 Å². The third-order valence-corrected chi connectivity index (χ3v) is 2.24. The number of carbonyl (C=O) groups is 1. The monoisotopic (exact) mass is 218 g/mol. The molecule has 0 aromatic heterocycles. The van der Waals surface area contributed by atoms with Gasteiger partial charge in [0.2, 0.25) is 0 Å². The van der Waals surface area contributed by atoms with Crippen LogP contribution in [0.2, 0.25) is 0 Å². The maximum atomic E-state index is 10.6. The molecule has 0 amide bonds. The van der Waals surface area contributed by atoms with E-state index in [4.69, 9.17) is 5.11 Å². The van der Waals surface area contributed by atoms with Gasteiger partial charge >= 0.3 is 5.97 Å². The van der Waals surface area contributed by atoms with Gasteiger partial charge in [-0.15, -0.1) is 0 Å². The molecule has 16 heavy (non-hydrogen) atoms. The Morgan fingerprint density at radius 2 is 1.31 bits per heavy atom. The third-order valence-electron chi connectivity index (χ3n) is 2.24. The molecule has 0 radical (unpaired) electrons. The molecule has 2 aromatic rings. The molecule has 0 aliphatic rings. The maximum Gasteiger partial charge on any atom is 0.335 e. The van der Waals surface area contributed by atoms with Crippen LogP contribution >= 0.6 is 0 Å². The van der Waals surface area contributed by atoms with Gasteiger partial charge in [-0.3, -0.25) is 4.70 Å². The first-order valence-corrected chi connectivity index (χ1v) is 4.66. The summed E-state index contributed by atoms with van der Waals surface area (Å²) < 4.78 is 0. The minimum Gasteiger partial charge on any atom is -0.478 e. The molecule has 0 fully saturated rings. The van der Waals surface area contributed by atoms with E-state index in [1.54, 1.807) is 12.1 Å². The van der Waals surface area contributed by atoms with Crippen molar-refractivity contribution in [3.8, 4) is 11.1 Å². The molecule has 0 saturated heterocycles. The zero-order valence-electron chi connectivity index (χ0n) is 8.46. The van der Waals surface area contributed by atoms with Crippen LogP contribution in [0.25, 0.3) is 11.1 Å². The summed E-state index contributed by atoms with van der Waals surface area (Å²) in [5.41, 5.74) is 2.43. The van der Waals surface area contributed by atoms with E-state index in [0.29, 0.717) is 5.56 Å². The Morgan fingerprint density at radius 3 is 1.81 bits per heavy atom. The van der Waals surface area contributed by atoms with Gasteiger partial charge in [-0.05, 0) is 23.3 Å². The van der Waals surface area contributed by atoms with Gasteiger partial charge < -0.3 is 5.11 Å². The molecule has 0 unspecified atom stereocenters. The fourth-order valence-electron chi connectivity index (χ4n) is 1.44. The molecular weight excluding hydrogens is 207 g/mol. The predicted octanol–water partition coefficient (Wildman–Crippen LogP) is 3.20.